The number of sulfonamides is 1. The molecule has 1 rings (SSSR count). The summed E-state index contributed by atoms with van der Waals surface area (Å²) < 4.78 is 30.3. The molecule has 0 saturated carbocycles. The molecule has 0 spiro atoms. The largest absolute Gasteiger partial charge is 0.480 e. The fourth-order valence-electron chi connectivity index (χ4n) is 1.46. The second kappa shape index (κ2) is 7.22. The smallest absolute Gasteiger partial charge is 0.322 e. The molecule has 8 nitrogen and oxygen atoms in total. The Morgan fingerprint density at radius 3 is 2.89 bits per heavy atom. The van der Waals surface area contributed by atoms with Gasteiger partial charge in [0.2, 0.25) is 10.0 Å². The van der Waals surface area contributed by atoms with Gasteiger partial charge in [-0.25, -0.2) is 18.1 Å². The van der Waals surface area contributed by atoms with Gasteiger partial charge in [0, 0.05) is 32.0 Å². The van der Waals surface area contributed by atoms with E-state index in [9.17, 15) is 13.2 Å². The molecule has 1 atom stereocenters. The molecule has 1 aromatic rings. The number of ether oxygens (including phenoxy) is 1. The third-order valence-corrected chi connectivity index (χ3v) is 3.83. The molecule has 0 saturated heterocycles. The van der Waals surface area contributed by atoms with Crippen LogP contribution in [0.3, 0.4) is 0 Å². The predicted molar refractivity (Wildman–Crippen MR) is 67.1 cm³/mol. The second-order valence-corrected chi connectivity index (χ2v) is 5.83. The standard InChI is InChI=1S/C10H17N3O5S/c1-18-3-2-4-19(16,17)13-9(10(14)15)5-8-6-11-7-12-8/h6-7,9,13H,2-5H2,1H3,(H,11,12)(H,14,15)/t9-/m1/s1. The minimum atomic E-state index is -3.65. The van der Waals surface area contributed by atoms with Crippen LogP contribution in [0.1, 0.15) is 12.1 Å². The maximum atomic E-state index is 11.7. The summed E-state index contributed by atoms with van der Waals surface area (Å²) in [5, 5.41) is 9.02. The number of aliphatic carboxylic acids is 1. The molecule has 0 bridgehead atoms. The van der Waals surface area contributed by atoms with E-state index in [1.165, 1.54) is 19.6 Å². The first-order valence-corrected chi connectivity index (χ1v) is 7.29. The quantitative estimate of drug-likeness (QED) is 0.520. The Morgan fingerprint density at radius 1 is 1.63 bits per heavy atom. The summed E-state index contributed by atoms with van der Waals surface area (Å²) >= 11 is 0. The highest BCUT2D eigenvalue weighted by molar-refractivity contribution is 7.89. The molecule has 108 valence electrons. The molecular weight excluding hydrogens is 274 g/mol. The van der Waals surface area contributed by atoms with E-state index in [4.69, 9.17) is 9.84 Å². The van der Waals surface area contributed by atoms with Gasteiger partial charge in [0.25, 0.3) is 0 Å². The van der Waals surface area contributed by atoms with Gasteiger partial charge in [0.15, 0.2) is 0 Å². The lowest BCUT2D eigenvalue weighted by Crippen LogP contribution is -2.43. The third kappa shape index (κ3) is 5.81. The van der Waals surface area contributed by atoms with E-state index in [2.05, 4.69) is 14.7 Å². The fourth-order valence-corrected chi connectivity index (χ4v) is 2.70. The molecule has 0 fully saturated rings. The van der Waals surface area contributed by atoms with Crippen LogP contribution in [0, 0.1) is 0 Å². The molecule has 9 heteroatoms. The van der Waals surface area contributed by atoms with E-state index in [0.717, 1.165) is 0 Å². The van der Waals surface area contributed by atoms with Gasteiger partial charge in [-0.3, -0.25) is 4.79 Å². The second-order valence-electron chi connectivity index (χ2n) is 3.95. The van der Waals surface area contributed by atoms with E-state index in [1.54, 1.807) is 0 Å². The van der Waals surface area contributed by atoms with E-state index in [-0.39, 0.29) is 12.2 Å². The SMILES string of the molecule is COCCCS(=O)(=O)N[C@H](Cc1cnc[nH]1)C(=O)O. The molecule has 3 N–H and O–H groups in total. The maximum absolute atomic E-state index is 11.7. The van der Waals surface area contributed by atoms with Crippen molar-refractivity contribution in [1.29, 1.82) is 0 Å². The van der Waals surface area contributed by atoms with Crippen molar-refractivity contribution in [3.63, 3.8) is 0 Å². The lowest BCUT2D eigenvalue weighted by atomic mass is 10.2. The van der Waals surface area contributed by atoms with Gasteiger partial charge in [-0.1, -0.05) is 0 Å². The highest BCUT2D eigenvalue weighted by Crippen LogP contribution is 2.02. The minimum Gasteiger partial charge on any atom is -0.480 e. The molecule has 0 aliphatic rings. The van der Waals surface area contributed by atoms with Gasteiger partial charge in [-0.15, -0.1) is 0 Å². The molecule has 0 unspecified atom stereocenters. The number of aromatic nitrogens is 2. The summed E-state index contributed by atoms with van der Waals surface area (Å²) in [7, 11) is -2.18. The maximum Gasteiger partial charge on any atom is 0.322 e. The first-order valence-electron chi connectivity index (χ1n) is 5.63. The zero-order valence-electron chi connectivity index (χ0n) is 10.5. The molecule has 1 aromatic heterocycles. The number of H-pyrrole nitrogens is 1. The zero-order chi connectivity index (χ0) is 14.3. The number of hydrogen-bond donors (Lipinski definition) is 3. The first kappa shape index (κ1) is 15.6. The van der Waals surface area contributed by atoms with Crippen LogP contribution in [0.4, 0.5) is 0 Å². The predicted octanol–water partition coefficient (Wildman–Crippen LogP) is -0.639. The van der Waals surface area contributed by atoms with Gasteiger partial charge in [0.1, 0.15) is 6.04 Å². The summed E-state index contributed by atoms with van der Waals surface area (Å²) in [4.78, 5) is 17.5. The lowest BCUT2D eigenvalue weighted by molar-refractivity contribution is -0.138. The van der Waals surface area contributed by atoms with Gasteiger partial charge >= 0.3 is 5.97 Å². The van der Waals surface area contributed by atoms with Crippen LogP contribution in [0.2, 0.25) is 0 Å². The summed E-state index contributed by atoms with van der Waals surface area (Å²) in [5.74, 6) is -1.40. The Hall–Kier alpha value is -1.45. The third-order valence-electron chi connectivity index (χ3n) is 2.36. The number of carboxylic acids is 1. The van der Waals surface area contributed by atoms with Crippen molar-refractivity contribution in [3.05, 3.63) is 18.2 Å². The minimum absolute atomic E-state index is 0.0127. The highest BCUT2D eigenvalue weighted by Gasteiger charge is 2.24. The van der Waals surface area contributed by atoms with Crippen molar-refractivity contribution in [1.82, 2.24) is 14.7 Å². The number of nitrogens with zero attached hydrogens (tertiary/aromatic N) is 1. The summed E-state index contributed by atoms with van der Waals surface area (Å²) in [6.07, 6.45) is 3.18. The Balaban J connectivity index is 2.60. The van der Waals surface area contributed by atoms with Crippen molar-refractivity contribution in [2.75, 3.05) is 19.5 Å². The van der Waals surface area contributed by atoms with Gasteiger partial charge in [0.05, 0.1) is 12.1 Å². The van der Waals surface area contributed by atoms with Crippen molar-refractivity contribution in [2.24, 2.45) is 0 Å². The monoisotopic (exact) mass is 291 g/mol. The molecular formula is C10H17N3O5S. The normalized spacial score (nSPS) is 13.3. The fraction of sp³-hybridized carbons (Fsp3) is 0.600. The number of methoxy groups -OCH3 is 1. The highest BCUT2D eigenvalue weighted by atomic mass is 32.2. The Labute approximate surface area is 111 Å². The zero-order valence-corrected chi connectivity index (χ0v) is 11.3. The summed E-state index contributed by atoms with van der Waals surface area (Å²) in [5.41, 5.74) is 0.548. The molecule has 0 aromatic carbocycles. The number of carbonyl (C=O) groups is 1. The first-order chi connectivity index (χ1) is 8.94. The Kier molecular flexibility index (Phi) is 5.93. The van der Waals surface area contributed by atoms with Crippen molar-refractivity contribution >= 4 is 16.0 Å². The molecule has 0 aliphatic heterocycles. The summed E-state index contributed by atoms with van der Waals surface area (Å²) in [6.45, 7) is 0.305. The number of carboxylic acid groups (broad SMARTS) is 1. The number of rotatable bonds is 9. The van der Waals surface area contributed by atoms with Crippen LogP contribution in [-0.4, -0.2) is 55.0 Å². The van der Waals surface area contributed by atoms with Gasteiger partial charge in [-0.2, -0.15) is 0 Å². The van der Waals surface area contributed by atoms with Gasteiger partial charge in [-0.05, 0) is 6.42 Å². The van der Waals surface area contributed by atoms with Crippen LogP contribution in [0.25, 0.3) is 0 Å². The van der Waals surface area contributed by atoms with E-state index >= 15 is 0 Å². The van der Waals surface area contributed by atoms with Crippen LogP contribution in [0.15, 0.2) is 12.5 Å². The van der Waals surface area contributed by atoms with E-state index in [1.807, 2.05) is 0 Å². The van der Waals surface area contributed by atoms with Crippen LogP contribution >= 0.6 is 0 Å². The molecule has 0 amide bonds. The van der Waals surface area contributed by atoms with Crippen LogP contribution in [-0.2, 0) is 26.0 Å². The molecule has 0 radical (unpaired) electrons. The van der Waals surface area contributed by atoms with Crippen molar-refractivity contribution in [3.8, 4) is 0 Å². The average Bonchev–Trinajstić information content (AvgIpc) is 2.80. The number of nitrogens with one attached hydrogen (secondary N) is 2. The number of imidazole rings is 1. The van der Waals surface area contributed by atoms with Crippen molar-refractivity contribution < 1.29 is 23.1 Å². The Morgan fingerprint density at radius 2 is 2.37 bits per heavy atom. The average molecular weight is 291 g/mol. The topological polar surface area (TPSA) is 121 Å². The molecule has 0 aliphatic carbocycles. The number of aromatic amines is 1. The van der Waals surface area contributed by atoms with Crippen LogP contribution in [0.5, 0.6) is 0 Å². The molecule has 19 heavy (non-hydrogen) atoms. The summed E-state index contributed by atoms with van der Waals surface area (Å²) in [6, 6.07) is -1.21. The number of hydrogen-bond acceptors (Lipinski definition) is 5. The van der Waals surface area contributed by atoms with Crippen molar-refractivity contribution in [2.45, 2.75) is 18.9 Å². The Bertz CT molecular complexity index is 485. The van der Waals surface area contributed by atoms with E-state index < -0.39 is 22.0 Å². The van der Waals surface area contributed by atoms with Gasteiger partial charge < -0.3 is 14.8 Å². The lowest BCUT2D eigenvalue weighted by Gasteiger charge is -2.13. The molecule has 1 heterocycles. The van der Waals surface area contributed by atoms with E-state index in [0.29, 0.717) is 18.7 Å². The van der Waals surface area contributed by atoms with Crippen LogP contribution < -0.4 is 4.72 Å².